The molecule has 4 aromatic rings. The molecule has 40 heavy (non-hydrogen) atoms. The van der Waals surface area contributed by atoms with Crippen molar-refractivity contribution in [3.8, 4) is 40.2 Å². The summed E-state index contributed by atoms with van der Waals surface area (Å²) in [6.45, 7) is 0.615. The summed E-state index contributed by atoms with van der Waals surface area (Å²) in [7, 11) is 4.89. The third-order valence-electron chi connectivity index (χ3n) is 6.99. The summed E-state index contributed by atoms with van der Waals surface area (Å²) in [5.41, 5.74) is 3.29. The second-order valence-corrected chi connectivity index (χ2v) is 9.41. The lowest BCUT2D eigenvalue weighted by Crippen LogP contribution is -2.23. The van der Waals surface area contributed by atoms with E-state index in [9.17, 15) is 15.0 Å². The van der Waals surface area contributed by atoms with Crippen molar-refractivity contribution >= 4 is 5.78 Å². The van der Waals surface area contributed by atoms with Crippen LogP contribution in [0.1, 0.15) is 39.1 Å². The highest BCUT2D eigenvalue weighted by atomic mass is 16.5. The maximum absolute atomic E-state index is 12.0. The molecule has 0 saturated heterocycles. The maximum Gasteiger partial charge on any atom is 0.170 e. The summed E-state index contributed by atoms with van der Waals surface area (Å²) in [6.07, 6.45) is 0.184. The van der Waals surface area contributed by atoms with E-state index in [-0.39, 0.29) is 41.3 Å². The van der Waals surface area contributed by atoms with E-state index in [1.165, 1.54) is 17.7 Å². The minimum absolute atomic E-state index is 0.00163. The average Bonchev–Trinajstić information content (AvgIpc) is 3.35. The zero-order chi connectivity index (χ0) is 28.2. The molecule has 2 heterocycles. The third kappa shape index (κ3) is 5.47. The van der Waals surface area contributed by atoms with E-state index in [2.05, 4.69) is 6.07 Å². The highest BCUT2D eigenvalue weighted by Crippen LogP contribution is 2.52. The Hall–Kier alpha value is -4.85. The quantitative estimate of drug-likeness (QED) is 0.293. The van der Waals surface area contributed by atoms with Crippen LogP contribution in [0.25, 0.3) is 0 Å². The summed E-state index contributed by atoms with van der Waals surface area (Å²) in [6, 6.07) is 22.9. The number of hydrogen-bond donors (Lipinski definition) is 2. The van der Waals surface area contributed by atoms with Crippen molar-refractivity contribution in [2.75, 3.05) is 27.9 Å². The summed E-state index contributed by atoms with van der Waals surface area (Å²) in [4.78, 5) is 12.0. The van der Waals surface area contributed by atoms with E-state index in [1.54, 1.807) is 45.6 Å². The van der Waals surface area contributed by atoms with Crippen molar-refractivity contribution < 1.29 is 38.7 Å². The number of methoxy groups -OCH3 is 3. The Labute approximate surface area is 232 Å². The van der Waals surface area contributed by atoms with Gasteiger partial charge in [-0.15, -0.1) is 0 Å². The van der Waals surface area contributed by atoms with Crippen molar-refractivity contribution in [1.29, 1.82) is 0 Å². The molecule has 4 aromatic carbocycles. The normalized spacial score (nSPS) is 16.1. The number of ketones is 1. The molecule has 206 valence electrons. The van der Waals surface area contributed by atoms with E-state index < -0.39 is 0 Å². The van der Waals surface area contributed by atoms with Gasteiger partial charge in [0, 0.05) is 35.7 Å². The summed E-state index contributed by atoms with van der Waals surface area (Å²) in [5, 5.41) is 18.8. The van der Waals surface area contributed by atoms with Gasteiger partial charge in [-0.25, -0.2) is 0 Å². The second kappa shape index (κ2) is 11.5. The minimum atomic E-state index is -0.210. The zero-order valence-corrected chi connectivity index (χ0v) is 22.4. The topological polar surface area (TPSA) is 104 Å². The molecule has 0 radical (unpaired) electrons. The first-order valence-electron chi connectivity index (χ1n) is 12.7. The second-order valence-electron chi connectivity index (χ2n) is 9.41. The highest BCUT2D eigenvalue weighted by Gasteiger charge is 2.40. The van der Waals surface area contributed by atoms with Gasteiger partial charge in [-0.05, 0) is 48.0 Å². The van der Waals surface area contributed by atoms with Crippen molar-refractivity contribution in [2.45, 2.75) is 18.4 Å². The predicted molar refractivity (Wildman–Crippen MR) is 148 cm³/mol. The molecule has 8 heteroatoms. The molecule has 0 spiro atoms. The first kappa shape index (κ1) is 26.7. The van der Waals surface area contributed by atoms with E-state index in [0.29, 0.717) is 6.61 Å². The highest BCUT2D eigenvalue weighted by molar-refractivity contribution is 6.00. The van der Waals surface area contributed by atoms with Gasteiger partial charge in [-0.2, -0.15) is 0 Å². The van der Waals surface area contributed by atoms with Gasteiger partial charge < -0.3 is 33.9 Å². The fourth-order valence-corrected chi connectivity index (χ4v) is 4.85. The maximum atomic E-state index is 12.0. The van der Waals surface area contributed by atoms with Crippen LogP contribution in [0.15, 0.2) is 78.9 Å². The minimum Gasteiger partial charge on any atom is -0.508 e. The Bertz CT molecular complexity index is 1510. The zero-order valence-electron chi connectivity index (χ0n) is 22.4. The molecule has 0 fully saturated rings. The molecule has 0 aromatic heterocycles. The van der Waals surface area contributed by atoms with Crippen LogP contribution in [0, 0.1) is 0 Å². The summed E-state index contributed by atoms with van der Waals surface area (Å²) in [5.74, 6) is 3.80. The Balaban J connectivity index is 0.000000162. The Morgan fingerprint density at radius 3 is 2.05 bits per heavy atom. The first-order valence-corrected chi connectivity index (χ1v) is 12.7. The van der Waals surface area contributed by atoms with Gasteiger partial charge in [0.05, 0.1) is 39.4 Å². The predicted octanol–water partition coefficient (Wildman–Crippen LogP) is 5.85. The van der Waals surface area contributed by atoms with Gasteiger partial charge >= 0.3 is 0 Å². The average molecular weight is 543 g/mol. The van der Waals surface area contributed by atoms with E-state index in [4.69, 9.17) is 23.7 Å². The standard InChI is InChI=1S/C17H16O4.C15H14O4/c1-18-10-4-6-13-15(7-10)20-9-14-12-5-3-11(19-2)8-16(12)21-17(13)14;1-19-12-5-2-10(3-6-12)8-14(17)13-7-4-11(16)9-15(13)18/h3-8,14,17H,9H2,1-2H3;2-7,9,16,18H,8H2,1H3. The monoisotopic (exact) mass is 542 g/mol. The SMILES string of the molecule is COc1ccc(CC(=O)c2ccc(O)cc2O)cc1.COc1ccc2c(c1)OC1c3ccc(OC)cc3OCC21. The number of phenols is 2. The van der Waals surface area contributed by atoms with Crippen LogP contribution in [0.3, 0.4) is 0 Å². The van der Waals surface area contributed by atoms with Crippen LogP contribution in [0.5, 0.6) is 40.2 Å². The molecule has 2 aliphatic heterocycles. The fraction of sp³-hybridized carbons (Fsp3) is 0.219. The van der Waals surface area contributed by atoms with Crippen LogP contribution in [0.4, 0.5) is 0 Å². The van der Waals surface area contributed by atoms with Crippen molar-refractivity contribution in [1.82, 2.24) is 0 Å². The largest absolute Gasteiger partial charge is 0.508 e. The smallest absolute Gasteiger partial charge is 0.170 e. The van der Waals surface area contributed by atoms with E-state index >= 15 is 0 Å². The molecule has 2 aliphatic rings. The molecule has 2 atom stereocenters. The van der Waals surface area contributed by atoms with Gasteiger partial charge in [0.15, 0.2) is 5.78 Å². The van der Waals surface area contributed by atoms with Gasteiger partial charge in [0.1, 0.15) is 46.4 Å². The molecule has 2 unspecified atom stereocenters. The Kier molecular flexibility index (Phi) is 7.68. The number of benzene rings is 4. The Morgan fingerprint density at radius 2 is 1.40 bits per heavy atom. The number of hydrogen-bond acceptors (Lipinski definition) is 8. The van der Waals surface area contributed by atoms with Gasteiger partial charge in [0.25, 0.3) is 0 Å². The van der Waals surface area contributed by atoms with E-state index in [0.717, 1.165) is 45.9 Å². The van der Waals surface area contributed by atoms with Gasteiger partial charge in [-0.1, -0.05) is 18.2 Å². The van der Waals surface area contributed by atoms with Crippen molar-refractivity contribution in [3.63, 3.8) is 0 Å². The van der Waals surface area contributed by atoms with Gasteiger partial charge in [0.2, 0.25) is 0 Å². The lowest BCUT2D eigenvalue weighted by Gasteiger charge is -2.28. The number of carbonyl (C=O) groups excluding carboxylic acids is 1. The number of aromatic hydroxyl groups is 2. The molecule has 0 amide bonds. The lowest BCUT2D eigenvalue weighted by atomic mass is 9.89. The number of rotatable bonds is 6. The van der Waals surface area contributed by atoms with Crippen LogP contribution >= 0.6 is 0 Å². The number of phenolic OH excluding ortho intramolecular Hbond substituents is 2. The van der Waals surface area contributed by atoms with Crippen LogP contribution in [0.2, 0.25) is 0 Å². The number of fused-ring (bicyclic) bond motifs is 5. The first-order chi connectivity index (χ1) is 19.4. The molecule has 2 N–H and O–H groups in total. The van der Waals surface area contributed by atoms with Gasteiger partial charge in [-0.3, -0.25) is 4.79 Å². The lowest BCUT2D eigenvalue weighted by molar-refractivity contribution is 0.0990. The number of carbonyl (C=O) groups is 1. The summed E-state index contributed by atoms with van der Waals surface area (Å²) < 4.78 is 27.6. The fourth-order valence-electron chi connectivity index (χ4n) is 4.85. The van der Waals surface area contributed by atoms with Crippen LogP contribution in [-0.2, 0) is 6.42 Å². The van der Waals surface area contributed by atoms with E-state index in [1.807, 2.05) is 30.3 Å². The molecule has 0 saturated carbocycles. The van der Waals surface area contributed by atoms with Crippen molar-refractivity contribution in [3.05, 3.63) is 101 Å². The van der Waals surface area contributed by atoms with Crippen LogP contribution in [-0.4, -0.2) is 43.9 Å². The number of Topliss-reactive ketones (excluding diaryl/α,β-unsaturated/α-hetero) is 1. The number of ether oxygens (including phenoxy) is 5. The molecular formula is C32H30O8. The molecule has 0 bridgehead atoms. The van der Waals surface area contributed by atoms with Crippen LogP contribution < -0.4 is 23.7 Å². The molecule has 0 aliphatic carbocycles. The molecular weight excluding hydrogens is 512 g/mol. The Morgan fingerprint density at radius 1 is 0.775 bits per heavy atom. The third-order valence-corrected chi connectivity index (χ3v) is 6.99. The van der Waals surface area contributed by atoms with Crippen molar-refractivity contribution in [2.24, 2.45) is 0 Å². The summed E-state index contributed by atoms with van der Waals surface area (Å²) >= 11 is 0. The molecule has 8 nitrogen and oxygen atoms in total. The molecule has 6 rings (SSSR count).